The summed E-state index contributed by atoms with van der Waals surface area (Å²) in [5, 5.41) is 3.63. The molecule has 0 aliphatic carbocycles. The Bertz CT molecular complexity index is 367. The van der Waals surface area contributed by atoms with Gasteiger partial charge in [0.15, 0.2) is 0 Å². The van der Waals surface area contributed by atoms with E-state index in [2.05, 4.69) is 65.1 Å². The summed E-state index contributed by atoms with van der Waals surface area (Å²) in [5.41, 5.74) is 4.60. The van der Waals surface area contributed by atoms with Gasteiger partial charge in [-0.2, -0.15) is 0 Å². The Kier molecular flexibility index (Phi) is 6.06. The molecule has 19 heavy (non-hydrogen) atoms. The van der Waals surface area contributed by atoms with Gasteiger partial charge < -0.3 is 5.32 Å². The van der Waals surface area contributed by atoms with Gasteiger partial charge in [0.1, 0.15) is 0 Å². The average molecular weight is 261 g/mol. The van der Waals surface area contributed by atoms with Gasteiger partial charge in [0.25, 0.3) is 0 Å². The molecule has 0 radical (unpaired) electrons. The van der Waals surface area contributed by atoms with Crippen LogP contribution in [0.25, 0.3) is 0 Å². The van der Waals surface area contributed by atoms with Crippen molar-refractivity contribution in [2.45, 2.75) is 66.8 Å². The Balaban J connectivity index is 2.52. The van der Waals surface area contributed by atoms with E-state index in [1.54, 1.807) is 0 Å². The third-order valence-corrected chi connectivity index (χ3v) is 3.74. The molecule has 0 spiro atoms. The number of hydrogen-bond acceptors (Lipinski definition) is 1. The predicted octanol–water partition coefficient (Wildman–Crippen LogP) is 4.65. The van der Waals surface area contributed by atoms with E-state index in [0.717, 1.165) is 6.54 Å². The summed E-state index contributed by atoms with van der Waals surface area (Å²) < 4.78 is 0. The molecule has 0 saturated carbocycles. The third kappa shape index (κ3) is 5.78. The Morgan fingerprint density at radius 3 is 2.11 bits per heavy atom. The molecular formula is C18H31N. The summed E-state index contributed by atoms with van der Waals surface area (Å²) in [6, 6.07) is 7.52. The fourth-order valence-electron chi connectivity index (χ4n) is 2.81. The van der Waals surface area contributed by atoms with Crippen molar-refractivity contribution in [1.82, 2.24) is 5.32 Å². The normalized spacial score (nSPS) is 13.6. The van der Waals surface area contributed by atoms with E-state index in [-0.39, 0.29) is 0 Å². The lowest BCUT2D eigenvalue weighted by atomic mass is 9.83. The first-order valence-electron chi connectivity index (χ1n) is 7.63. The highest BCUT2D eigenvalue weighted by Gasteiger charge is 2.22. The predicted molar refractivity (Wildman–Crippen MR) is 85.8 cm³/mol. The Labute approximate surface area is 119 Å². The Morgan fingerprint density at radius 1 is 1.05 bits per heavy atom. The zero-order valence-electron chi connectivity index (χ0n) is 13.6. The summed E-state index contributed by atoms with van der Waals surface area (Å²) in [6.45, 7) is 14.6. The van der Waals surface area contributed by atoms with Crippen molar-refractivity contribution < 1.29 is 0 Å². The largest absolute Gasteiger partial charge is 0.314 e. The molecular weight excluding hydrogens is 230 g/mol. The van der Waals surface area contributed by atoms with Gasteiger partial charge in [-0.1, -0.05) is 57.0 Å². The summed E-state index contributed by atoms with van der Waals surface area (Å²) >= 11 is 0. The quantitative estimate of drug-likeness (QED) is 0.786. The highest BCUT2D eigenvalue weighted by Crippen LogP contribution is 2.23. The molecule has 0 aliphatic heterocycles. The lowest BCUT2D eigenvalue weighted by molar-refractivity contribution is 0.254. The van der Waals surface area contributed by atoms with Crippen molar-refractivity contribution in [2.75, 3.05) is 6.54 Å². The summed E-state index contributed by atoms with van der Waals surface area (Å²) in [4.78, 5) is 0. The van der Waals surface area contributed by atoms with Crippen LogP contribution in [0.2, 0.25) is 0 Å². The van der Waals surface area contributed by atoms with Gasteiger partial charge in [-0.25, -0.2) is 0 Å². The Hall–Kier alpha value is -0.820. The molecule has 1 N–H and O–H groups in total. The van der Waals surface area contributed by atoms with Crippen LogP contribution in [0.4, 0.5) is 0 Å². The molecule has 0 aliphatic rings. The second-order valence-corrected chi connectivity index (χ2v) is 6.86. The minimum Gasteiger partial charge on any atom is -0.314 e. The van der Waals surface area contributed by atoms with Crippen LogP contribution in [0.15, 0.2) is 18.2 Å². The van der Waals surface area contributed by atoms with E-state index in [9.17, 15) is 0 Å². The van der Waals surface area contributed by atoms with E-state index >= 15 is 0 Å². The molecule has 1 aromatic carbocycles. The molecule has 0 heterocycles. The van der Waals surface area contributed by atoms with Gasteiger partial charge in [-0.05, 0) is 50.6 Å². The first-order chi connectivity index (χ1) is 8.82. The van der Waals surface area contributed by atoms with Crippen molar-refractivity contribution in [3.63, 3.8) is 0 Å². The molecule has 0 aromatic heterocycles. The molecule has 0 amide bonds. The van der Waals surface area contributed by atoms with E-state index in [0.29, 0.717) is 11.5 Å². The highest BCUT2D eigenvalue weighted by molar-refractivity contribution is 5.28. The average Bonchev–Trinajstić information content (AvgIpc) is 2.25. The monoisotopic (exact) mass is 261 g/mol. The summed E-state index contributed by atoms with van der Waals surface area (Å²) in [5.74, 6) is 0. The van der Waals surface area contributed by atoms with Crippen LogP contribution < -0.4 is 5.32 Å². The van der Waals surface area contributed by atoms with Crippen molar-refractivity contribution in [3.8, 4) is 0 Å². The van der Waals surface area contributed by atoms with Gasteiger partial charge in [-0.15, -0.1) is 0 Å². The molecule has 1 rings (SSSR count). The van der Waals surface area contributed by atoms with Crippen LogP contribution >= 0.6 is 0 Å². The standard InChI is InChI=1S/C18H31N/c1-7-19-17(18(4,5)6)10-8-9-16-12-14(2)11-15(3)13-16/h11-13,17,19H,7-10H2,1-6H3. The van der Waals surface area contributed by atoms with Gasteiger partial charge in [-0.3, -0.25) is 0 Å². The van der Waals surface area contributed by atoms with Crippen molar-refractivity contribution >= 4 is 0 Å². The zero-order chi connectivity index (χ0) is 14.5. The second-order valence-electron chi connectivity index (χ2n) is 6.86. The minimum absolute atomic E-state index is 0.346. The second kappa shape index (κ2) is 7.09. The zero-order valence-corrected chi connectivity index (χ0v) is 13.6. The van der Waals surface area contributed by atoms with Crippen molar-refractivity contribution in [1.29, 1.82) is 0 Å². The maximum atomic E-state index is 3.63. The molecule has 0 saturated heterocycles. The molecule has 1 aromatic rings. The maximum absolute atomic E-state index is 3.63. The number of aryl methyl sites for hydroxylation is 3. The molecule has 1 atom stereocenters. The number of nitrogens with one attached hydrogen (secondary N) is 1. The topological polar surface area (TPSA) is 12.0 Å². The van der Waals surface area contributed by atoms with Crippen molar-refractivity contribution in [3.05, 3.63) is 34.9 Å². The van der Waals surface area contributed by atoms with Gasteiger partial charge in [0.05, 0.1) is 0 Å². The van der Waals surface area contributed by atoms with Gasteiger partial charge in [0, 0.05) is 6.04 Å². The third-order valence-electron chi connectivity index (χ3n) is 3.74. The molecule has 0 fully saturated rings. The van der Waals surface area contributed by atoms with Crippen LogP contribution in [0.5, 0.6) is 0 Å². The maximum Gasteiger partial charge on any atom is 0.0116 e. The SMILES string of the molecule is CCNC(CCCc1cc(C)cc(C)c1)C(C)(C)C. The van der Waals surface area contributed by atoms with Gasteiger partial charge >= 0.3 is 0 Å². The minimum atomic E-state index is 0.346. The molecule has 108 valence electrons. The summed E-state index contributed by atoms with van der Waals surface area (Å²) in [6.07, 6.45) is 3.71. The molecule has 1 unspecified atom stereocenters. The first-order valence-corrected chi connectivity index (χ1v) is 7.63. The van der Waals surface area contributed by atoms with E-state index < -0.39 is 0 Å². The first kappa shape index (κ1) is 16.2. The van der Waals surface area contributed by atoms with E-state index in [1.165, 1.54) is 36.0 Å². The number of hydrogen-bond donors (Lipinski definition) is 1. The Morgan fingerprint density at radius 2 is 1.63 bits per heavy atom. The molecule has 1 nitrogen and oxygen atoms in total. The fourth-order valence-corrected chi connectivity index (χ4v) is 2.81. The molecule has 1 heteroatoms. The van der Waals surface area contributed by atoms with Crippen molar-refractivity contribution in [2.24, 2.45) is 5.41 Å². The lowest BCUT2D eigenvalue weighted by Gasteiger charge is -2.31. The number of benzene rings is 1. The van der Waals surface area contributed by atoms with E-state index in [4.69, 9.17) is 0 Å². The van der Waals surface area contributed by atoms with E-state index in [1.807, 2.05) is 0 Å². The highest BCUT2D eigenvalue weighted by atomic mass is 14.9. The van der Waals surface area contributed by atoms with Crippen LogP contribution in [0.1, 0.15) is 57.2 Å². The number of rotatable bonds is 6. The fraction of sp³-hybridized carbons (Fsp3) is 0.667. The van der Waals surface area contributed by atoms with Crippen LogP contribution in [0, 0.1) is 19.3 Å². The lowest BCUT2D eigenvalue weighted by Crippen LogP contribution is -2.40. The van der Waals surface area contributed by atoms with Crippen LogP contribution in [0.3, 0.4) is 0 Å². The van der Waals surface area contributed by atoms with Crippen LogP contribution in [-0.4, -0.2) is 12.6 Å². The molecule has 0 bridgehead atoms. The van der Waals surface area contributed by atoms with Gasteiger partial charge in [0.2, 0.25) is 0 Å². The smallest absolute Gasteiger partial charge is 0.0116 e. The van der Waals surface area contributed by atoms with Crippen LogP contribution in [-0.2, 0) is 6.42 Å². The summed E-state index contributed by atoms with van der Waals surface area (Å²) in [7, 11) is 0.